The number of anilines is 1. The standard InChI is InChI=1S/C17H16N4O/c22-17(20-15-5-4-10-18-12-15)9-8-14-11-19-21(13-14)16-6-2-1-3-7-16/h1-7,10-13H,8-9H2,(H,20,22). The number of pyridine rings is 1. The molecule has 0 saturated heterocycles. The summed E-state index contributed by atoms with van der Waals surface area (Å²) in [7, 11) is 0. The smallest absolute Gasteiger partial charge is 0.224 e. The van der Waals surface area contributed by atoms with Gasteiger partial charge in [-0.25, -0.2) is 4.68 Å². The second kappa shape index (κ2) is 6.67. The molecule has 0 bridgehead atoms. The van der Waals surface area contributed by atoms with Crippen LogP contribution < -0.4 is 5.32 Å². The molecule has 0 spiro atoms. The molecule has 3 aromatic rings. The lowest BCUT2D eigenvalue weighted by atomic mass is 10.2. The van der Waals surface area contributed by atoms with Gasteiger partial charge in [-0.05, 0) is 36.2 Å². The Kier molecular flexibility index (Phi) is 4.25. The molecule has 5 nitrogen and oxygen atoms in total. The molecule has 110 valence electrons. The Bertz CT molecular complexity index is 738. The van der Waals surface area contributed by atoms with E-state index in [1.807, 2.05) is 47.3 Å². The van der Waals surface area contributed by atoms with Crippen LogP contribution in [0.5, 0.6) is 0 Å². The van der Waals surface area contributed by atoms with Gasteiger partial charge in [-0.2, -0.15) is 5.10 Å². The Balaban J connectivity index is 1.56. The number of carbonyl (C=O) groups excluding carboxylic acids is 1. The summed E-state index contributed by atoms with van der Waals surface area (Å²) in [6.07, 6.45) is 8.12. The minimum atomic E-state index is -0.0274. The first kappa shape index (κ1) is 14.0. The molecule has 0 saturated carbocycles. The predicted octanol–water partition coefficient (Wildman–Crippen LogP) is 2.84. The zero-order valence-electron chi connectivity index (χ0n) is 12.0. The van der Waals surface area contributed by atoms with Gasteiger partial charge in [0.1, 0.15) is 0 Å². The number of aryl methyl sites for hydroxylation is 1. The van der Waals surface area contributed by atoms with Crippen molar-refractivity contribution in [1.29, 1.82) is 0 Å². The quantitative estimate of drug-likeness (QED) is 0.786. The number of carbonyl (C=O) groups is 1. The molecule has 22 heavy (non-hydrogen) atoms. The van der Waals surface area contributed by atoms with E-state index in [2.05, 4.69) is 15.4 Å². The van der Waals surface area contributed by atoms with Crippen LogP contribution in [0, 0.1) is 0 Å². The van der Waals surface area contributed by atoms with Gasteiger partial charge in [0.25, 0.3) is 0 Å². The fourth-order valence-electron chi connectivity index (χ4n) is 2.13. The SMILES string of the molecule is O=C(CCc1cnn(-c2ccccc2)c1)Nc1cccnc1. The van der Waals surface area contributed by atoms with Gasteiger partial charge >= 0.3 is 0 Å². The van der Waals surface area contributed by atoms with Gasteiger partial charge < -0.3 is 5.32 Å². The van der Waals surface area contributed by atoms with Crippen LogP contribution in [-0.4, -0.2) is 20.7 Å². The van der Waals surface area contributed by atoms with Crippen molar-refractivity contribution in [2.75, 3.05) is 5.32 Å². The molecule has 0 aliphatic rings. The van der Waals surface area contributed by atoms with Crippen LogP contribution >= 0.6 is 0 Å². The van der Waals surface area contributed by atoms with E-state index in [1.54, 1.807) is 24.7 Å². The Morgan fingerprint density at radius 3 is 2.73 bits per heavy atom. The van der Waals surface area contributed by atoms with E-state index in [-0.39, 0.29) is 5.91 Å². The maximum atomic E-state index is 11.9. The van der Waals surface area contributed by atoms with Gasteiger partial charge in [0.15, 0.2) is 0 Å². The highest BCUT2D eigenvalue weighted by atomic mass is 16.1. The normalized spacial score (nSPS) is 10.4. The van der Waals surface area contributed by atoms with Gasteiger partial charge in [0.2, 0.25) is 5.91 Å². The Morgan fingerprint density at radius 2 is 1.95 bits per heavy atom. The largest absolute Gasteiger partial charge is 0.325 e. The first-order valence-electron chi connectivity index (χ1n) is 7.10. The third-order valence-electron chi connectivity index (χ3n) is 3.24. The van der Waals surface area contributed by atoms with Crippen molar-refractivity contribution < 1.29 is 4.79 Å². The molecule has 5 heteroatoms. The van der Waals surface area contributed by atoms with Gasteiger partial charge in [0, 0.05) is 18.8 Å². The highest BCUT2D eigenvalue weighted by Crippen LogP contribution is 2.10. The number of hydrogen-bond donors (Lipinski definition) is 1. The third-order valence-corrected chi connectivity index (χ3v) is 3.24. The lowest BCUT2D eigenvalue weighted by molar-refractivity contribution is -0.116. The molecule has 0 atom stereocenters. The number of aromatic nitrogens is 3. The van der Waals surface area contributed by atoms with Crippen LogP contribution in [0.25, 0.3) is 5.69 Å². The molecule has 0 aliphatic heterocycles. The van der Waals surface area contributed by atoms with Crippen LogP contribution in [0.15, 0.2) is 67.3 Å². The van der Waals surface area contributed by atoms with Crippen molar-refractivity contribution in [3.63, 3.8) is 0 Å². The van der Waals surface area contributed by atoms with Gasteiger partial charge in [-0.3, -0.25) is 9.78 Å². The molecule has 0 aliphatic carbocycles. The highest BCUT2D eigenvalue weighted by Gasteiger charge is 2.05. The summed E-state index contributed by atoms with van der Waals surface area (Å²) >= 11 is 0. The summed E-state index contributed by atoms with van der Waals surface area (Å²) in [4.78, 5) is 15.9. The minimum absolute atomic E-state index is 0.0274. The second-order valence-electron chi connectivity index (χ2n) is 4.92. The van der Waals surface area contributed by atoms with E-state index in [9.17, 15) is 4.79 Å². The molecule has 2 heterocycles. The molecule has 1 N–H and O–H groups in total. The average Bonchev–Trinajstić information content (AvgIpc) is 3.04. The summed E-state index contributed by atoms with van der Waals surface area (Å²) < 4.78 is 1.81. The van der Waals surface area contributed by atoms with Gasteiger partial charge in [-0.15, -0.1) is 0 Å². The predicted molar refractivity (Wildman–Crippen MR) is 84.8 cm³/mol. The number of hydrogen-bond acceptors (Lipinski definition) is 3. The molecular weight excluding hydrogens is 276 g/mol. The fraction of sp³-hybridized carbons (Fsp3) is 0.118. The molecule has 0 unspecified atom stereocenters. The fourth-order valence-corrected chi connectivity index (χ4v) is 2.13. The van der Waals surface area contributed by atoms with Crippen LogP contribution in [0.1, 0.15) is 12.0 Å². The maximum absolute atomic E-state index is 11.9. The molecule has 0 fully saturated rings. The maximum Gasteiger partial charge on any atom is 0.224 e. The molecular formula is C17H16N4O. The average molecular weight is 292 g/mol. The van der Waals surface area contributed by atoms with Crippen LogP contribution in [0.3, 0.4) is 0 Å². The number of rotatable bonds is 5. The van der Waals surface area contributed by atoms with Gasteiger partial charge in [0.05, 0.1) is 23.8 Å². The summed E-state index contributed by atoms with van der Waals surface area (Å²) in [5.74, 6) is -0.0274. The van der Waals surface area contributed by atoms with E-state index in [0.29, 0.717) is 18.5 Å². The van der Waals surface area contributed by atoms with Crippen LogP contribution in [-0.2, 0) is 11.2 Å². The summed E-state index contributed by atoms with van der Waals surface area (Å²) in [5, 5.41) is 7.15. The lowest BCUT2D eigenvalue weighted by Gasteiger charge is -2.03. The topological polar surface area (TPSA) is 59.8 Å². The van der Waals surface area contributed by atoms with Crippen molar-refractivity contribution in [3.8, 4) is 5.69 Å². The van der Waals surface area contributed by atoms with Crippen LogP contribution in [0.2, 0.25) is 0 Å². The van der Waals surface area contributed by atoms with Crippen molar-refractivity contribution in [3.05, 3.63) is 72.8 Å². The Morgan fingerprint density at radius 1 is 1.09 bits per heavy atom. The highest BCUT2D eigenvalue weighted by molar-refractivity contribution is 5.90. The summed E-state index contributed by atoms with van der Waals surface area (Å²) in [5.41, 5.74) is 2.76. The van der Waals surface area contributed by atoms with E-state index in [1.165, 1.54) is 0 Å². The second-order valence-corrected chi connectivity index (χ2v) is 4.92. The number of amides is 1. The summed E-state index contributed by atoms with van der Waals surface area (Å²) in [6, 6.07) is 13.5. The molecule has 0 radical (unpaired) electrons. The van der Waals surface area contributed by atoms with Gasteiger partial charge in [-0.1, -0.05) is 18.2 Å². The van der Waals surface area contributed by atoms with E-state index in [4.69, 9.17) is 0 Å². The van der Waals surface area contributed by atoms with Crippen molar-refractivity contribution in [2.24, 2.45) is 0 Å². The Hall–Kier alpha value is -2.95. The molecule has 3 rings (SSSR count). The van der Waals surface area contributed by atoms with Crippen molar-refractivity contribution in [2.45, 2.75) is 12.8 Å². The zero-order valence-corrected chi connectivity index (χ0v) is 12.0. The van der Waals surface area contributed by atoms with Crippen LogP contribution in [0.4, 0.5) is 5.69 Å². The molecule has 1 aromatic carbocycles. The Labute approximate surface area is 128 Å². The summed E-state index contributed by atoms with van der Waals surface area (Å²) in [6.45, 7) is 0. The number of nitrogens with zero attached hydrogens (tertiary/aromatic N) is 3. The minimum Gasteiger partial charge on any atom is -0.325 e. The first-order chi connectivity index (χ1) is 10.8. The molecule has 2 aromatic heterocycles. The lowest BCUT2D eigenvalue weighted by Crippen LogP contribution is -2.12. The monoisotopic (exact) mass is 292 g/mol. The van der Waals surface area contributed by atoms with Crippen molar-refractivity contribution >= 4 is 11.6 Å². The molecule has 1 amide bonds. The number of para-hydroxylation sites is 1. The van der Waals surface area contributed by atoms with E-state index >= 15 is 0 Å². The first-order valence-corrected chi connectivity index (χ1v) is 7.10. The van der Waals surface area contributed by atoms with Crippen molar-refractivity contribution in [1.82, 2.24) is 14.8 Å². The zero-order chi connectivity index (χ0) is 15.2. The number of nitrogens with one attached hydrogen (secondary N) is 1. The van der Waals surface area contributed by atoms with E-state index in [0.717, 1.165) is 11.3 Å². The third kappa shape index (κ3) is 3.58. The van der Waals surface area contributed by atoms with E-state index < -0.39 is 0 Å². The number of benzene rings is 1.